The predicted molar refractivity (Wildman–Crippen MR) is 74.1 cm³/mol. The smallest absolute Gasteiger partial charge is 0.185 e. The number of rotatable bonds is 5. The summed E-state index contributed by atoms with van der Waals surface area (Å²) in [7, 11) is 0. The van der Waals surface area contributed by atoms with E-state index in [4.69, 9.17) is 11.5 Å². The zero-order chi connectivity index (χ0) is 12.8. The van der Waals surface area contributed by atoms with Gasteiger partial charge >= 0.3 is 0 Å². The van der Waals surface area contributed by atoms with E-state index < -0.39 is 0 Å². The molecule has 0 atom stereocenters. The Labute approximate surface area is 106 Å². The van der Waals surface area contributed by atoms with Crippen LogP contribution in [-0.4, -0.2) is 24.0 Å². The molecule has 2 rings (SSSR count). The number of fused-ring (bicyclic) bond motifs is 1. The molecule has 0 unspecified atom stereocenters. The Bertz CT molecular complexity index is 546. The molecule has 0 aliphatic heterocycles. The number of nitrogens with two attached hydrogens (primary N) is 2. The highest BCUT2D eigenvalue weighted by molar-refractivity contribution is 5.78. The van der Waals surface area contributed by atoms with Gasteiger partial charge in [0, 0.05) is 24.7 Å². The van der Waals surface area contributed by atoms with Crippen LogP contribution in [-0.2, 0) is 6.54 Å². The summed E-state index contributed by atoms with van der Waals surface area (Å²) >= 11 is 0. The lowest BCUT2D eigenvalue weighted by molar-refractivity contribution is 0.694. The van der Waals surface area contributed by atoms with Gasteiger partial charge in [-0.2, -0.15) is 0 Å². The predicted octanol–water partition coefficient (Wildman–Crippen LogP) is 0.598. The molecule has 5 heteroatoms. The van der Waals surface area contributed by atoms with Gasteiger partial charge in [-0.3, -0.25) is 9.98 Å². The lowest BCUT2D eigenvalue weighted by Gasteiger charge is -2.04. The summed E-state index contributed by atoms with van der Waals surface area (Å²) in [5.74, 6) is 0.129. The first kappa shape index (κ1) is 12.3. The van der Waals surface area contributed by atoms with Gasteiger partial charge in [-0.05, 0) is 17.7 Å². The summed E-state index contributed by atoms with van der Waals surface area (Å²) in [6, 6.07) is 10.2. The van der Waals surface area contributed by atoms with E-state index >= 15 is 0 Å². The normalized spacial score (nSPS) is 10.4. The topological polar surface area (TPSA) is 89.3 Å². The third-order valence-corrected chi connectivity index (χ3v) is 2.56. The van der Waals surface area contributed by atoms with Crippen molar-refractivity contribution < 1.29 is 0 Å². The summed E-state index contributed by atoms with van der Waals surface area (Å²) < 4.78 is 0. The fraction of sp³-hybridized carbons (Fsp3) is 0.231. The standard InChI is InChI=1S/C13H17N5/c14-13(15)17-6-5-16-8-10-7-11-3-1-2-4-12(11)18-9-10/h1-4,7,9,16H,5-6,8H2,(H4,14,15,17). The van der Waals surface area contributed by atoms with Crippen molar-refractivity contribution >= 4 is 16.9 Å². The molecule has 0 aliphatic carbocycles. The van der Waals surface area contributed by atoms with Crippen LogP contribution in [0.25, 0.3) is 10.9 Å². The Balaban J connectivity index is 1.90. The number of aromatic nitrogens is 1. The van der Waals surface area contributed by atoms with Crippen molar-refractivity contribution in [2.75, 3.05) is 13.1 Å². The Morgan fingerprint density at radius 1 is 1.28 bits per heavy atom. The van der Waals surface area contributed by atoms with Crippen molar-refractivity contribution in [3.63, 3.8) is 0 Å². The minimum atomic E-state index is 0.129. The second-order valence-corrected chi connectivity index (χ2v) is 4.02. The molecule has 94 valence electrons. The van der Waals surface area contributed by atoms with Crippen LogP contribution >= 0.6 is 0 Å². The number of nitrogens with one attached hydrogen (secondary N) is 1. The molecule has 1 aromatic carbocycles. The minimum absolute atomic E-state index is 0.129. The maximum atomic E-state index is 5.24. The third-order valence-electron chi connectivity index (χ3n) is 2.56. The molecule has 0 saturated heterocycles. The molecule has 18 heavy (non-hydrogen) atoms. The van der Waals surface area contributed by atoms with Gasteiger partial charge in [0.05, 0.1) is 12.1 Å². The Morgan fingerprint density at radius 3 is 2.94 bits per heavy atom. The van der Waals surface area contributed by atoms with E-state index in [2.05, 4.69) is 27.4 Å². The fourth-order valence-corrected chi connectivity index (χ4v) is 1.71. The van der Waals surface area contributed by atoms with Gasteiger partial charge in [0.1, 0.15) is 0 Å². The van der Waals surface area contributed by atoms with E-state index in [1.165, 1.54) is 0 Å². The summed E-state index contributed by atoms with van der Waals surface area (Å²) in [6.07, 6.45) is 1.88. The van der Waals surface area contributed by atoms with Crippen LogP contribution in [0.15, 0.2) is 41.5 Å². The zero-order valence-electron chi connectivity index (χ0n) is 10.1. The van der Waals surface area contributed by atoms with E-state index in [0.717, 1.165) is 29.6 Å². The lowest BCUT2D eigenvalue weighted by atomic mass is 10.1. The van der Waals surface area contributed by atoms with Gasteiger partial charge < -0.3 is 16.8 Å². The van der Waals surface area contributed by atoms with Crippen molar-refractivity contribution in [2.24, 2.45) is 16.5 Å². The van der Waals surface area contributed by atoms with E-state index in [1.807, 2.05) is 24.4 Å². The SMILES string of the molecule is NC(N)=NCCNCc1cnc2ccccc2c1. The Hall–Kier alpha value is -2.14. The van der Waals surface area contributed by atoms with Crippen LogP contribution in [0.1, 0.15) is 5.56 Å². The maximum Gasteiger partial charge on any atom is 0.185 e. The molecular weight excluding hydrogens is 226 g/mol. The molecule has 0 amide bonds. The van der Waals surface area contributed by atoms with Crippen molar-refractivity contribution in [1.82, 2.24) is 10.3 Å². The van der Waals surface area contributed by atoms with Crippen molar-refractivity contribution in [1.29, 1.82) is 0 Å². The Morgan fingerprint density at radius 2 is 2.11 bits per heavy atom. The molecule has 2 aromatic rings. The maximum absolute atomic E-state index is 5.24. The quantitative estimate of drug-likeness (QED) is 0.407. The van der Waals surface area contributed by atoms with E-state index in [-0.39, 0.29) is 5.96 Å². The first-order valence-electron chi connectivity index (χ1n) is 5.85. The molecule has 0 bridgehead atoms. The minimum Gasteiger partial charge on any atom is -0.370 e. The first-order chi connectivity index (χ1) is 8.75. The van der Waals surface area contributed by atoms with Crippen LogP contribution in [0, 0.1) is 0 Å². The highest BCUT2D eigenvalue weighted by Gasteiger charge is 1.96. The van der Waals surface area contributed by atoms with E-state index in [0.29, 0.717) is 6.54 Å². The van der Waals surface area contributed by atoms with Gasteiger partial charge in [-0.25, -0.2) is 0 Å². The van der Waals surface area contributed by atoms with Gasteiger partial charge in [0.15, 0.2) is 5.96 Å². The summed E-state index contributed by atoms with van der Waals surface area (Å²) in [5, 5.41) is 4.42. The summed E-state index contributed by atoms with van der Waals surface area (Å²) in [5.41, 5.74) is 12.6. The van der Waals surface area contributed by atoms with E-state index in [9.17, 15) is 0 Å². The largest absolute Gasteiger partial charge is 0.370 e. The number of para-hydroxylation sites is 1. The first-order valence-corrected chi connectivity index (χ1v) is 5.85. The lowest BCUT2D eigenvalue weighted by Crippen LogP contribution is -2.25. The van der Waals surface area contributed by atoms with Gasteiger partial charge in [-0.1, -0.05) is 18.2 Å². The van der Waals surface area contributed by atoms with Crippen LogP contribution in [0.5, 0.6) is 0 Å². The molecule has 5 N–H and O–H groups in total. The number of pyridine rings is 1. The molecule has 0 aliphatic rings. The highest BCUT2D eigenvalue weighted by atomic mass is 15.0. The average Bonchev–Trinajstić information content (AvgIpc) is 2.38. The second kappa shape index (κ2) is 5.97. The molecular formula is C13H17N5. The summed E-state index contributed by atoms with van der Waals surface area (Å²) in [4.78, 5) is 8.30. The van der Waals surface area contributed by atoms with Crippen LogP contribution < -0.4 is 16.8 Å². The number of guanidine groups is 1. The van der Waals surface area contributed by atoms with Crippen LogP contribution in [0.3, 0.4) is 0 Å². The van der Waals surface area contributed by atoms with Gasteiger partial charge in [-0.15, -0.1) is 0 Å². The Kier molecular flexibility index (Phi) is 4.09. The monoisotopic (exact) mass is 243 g/mol. The molecule has 5 nitrogen and oxygen atoms in total. The van der Waals surface area contributed by atoms with Crippen molar-refractivity contribution in [3.8, 4) is 0 Å². The molecule has 0 saturated carbocycles. The molecule has 1 heterocycles. The highest BCUT2D eigenvalue weighted by Crippen LogP contribution is 2.12. The molecule has 1 aromatic heterocycles. The van der Waals surface area contributed by atoms with Crippen molar-refractivity contribution in [3.05, 3.63) is 42.1 Å². The zero-order valence-corrected chi connectivity index (χ0v) is 10.1. The average molecular weight is 243 g/mol. The van der Waals surface area contributed by atoms with Gasteiger partial charge in [0.25, 0.3) is 0 Å². The number of aliphatic imine (C=N–C) groups is 1. The molecule has 0 radical (unpaired) electrons. The molecule has 0 fully saturated rings. The fourth-order valence-electron chi connectivity index (χ4n) is 1.71. The number of hydrogen-bond acceptors (Lipinski definition) is 3. The number of nitrogens with zero attached hydrogens (tertiary/aromatic N) is 2. The third kappa shape index (κ3) is 3.43. The summed E-state index contributed by atoms with van der Waals surface area (Å²) in [6.45, 7) is 2.09. The second-order valence-electron chi connectivity index (χ2n) is 4.02. The van der Waals surface area contributed by atoms with Crippen LogP contribution in [0.4, 0.5) is 0 Å². The van der Waals surface area contributed by atoms with Crippen LogP contribution in [0.2, 0.25) is 0 Å². The number of benzene rings is 1. The van der Waals surface area contributed by atoms with Crippen molar-refractivity contribution in [2.45, 2.75) is 6.54 Å². The van der Waals surface area contributed by atoms with E-state index in [1.54, 1.807) is 0 Å². The molecule has 0 spiro atoms. The number of hydrogen-bond donors (Lipinski definition) is 3. The van der Waals surface area contributed by atoms with Gasteiger partial charge in [0.2, 0.25) is 0 Å².